The molecule has 0 saturated carbocycles. The fourth-order valence-electron chi connectivity index (χ4n) is 2.08. The van der Waals surface area contributed by atoms with Crippen molar-refractivity contribution in [2.45, 2.75) is 13.8 Å². The van der Waals surface area contributed by atoms with Gasteiger partial charge in [-0.05, 0) is 37.6 Å². The molecule has 0 saturated heterocycles. The number of Topliss-reactive ketones (excluding diaryl/α,β-unsaturated/α-hetero) is 1. The number of halogens is 2. The van der Waals surface area contributed by atoms with Crippen LogP contribution in [0.1, 0.15) is 21.7 Å². The molecule has 1 heterocycles. The van der Waals surface area contributed by atoms with Crippen molar-refractivity contribution in [2.75, 3.05) is 19.4 Å². The van der Waals surface area contributed by atoms with Crippen LogP contribution in [0, 0.1) is 31.0 Å². The summed E-state index contributed by atoms with van der Waals surface area (Å²) in [6.07, 6.45) is 1.82. The molecule has 0 spiro atoms. The highest BCUT2D eigenvalue weighted by Crippen LogP contribution is 2.24. The van der Waals surface area contributed by atoms with Crippen LogP contribution in [0.2, 0.25) is 0 Å². The van der Waals surface area contributed by atoms with Crippen LogP contribution < -0.4 is 5.32 Å². The van der Waals surface area contributed by atoms with Gasteiger partial charge in [0.05, 0.1) is 5.69 Å². The Hall–Kier alpha value is -2.06. The zero-order chi connectivity index (χ0) is 19.9. The Balaban J connectivity index is 3.89. The minimum Gasteiger partial charge on any atom is -0.382 e. The van der Waals surface area contributed by atoms with Gasteiger partial charge in [-0.25, -0.2) is 4.39 Å². The molecule has 1 rings (SSSR count). The molecule has 9 heteroatoms. The lowest BCUT2D eigenvalue weighted by molar-refractivity contribution is -0.105. The van der Waals surface area contributed by atoms with Gasteiger partial charge in [0, 0.05) is 56.3 Å². The van der Waals surface area contributed by atoms with E-state index in [0.717, 1.165) is 0 Å². The van der Waals surface area contributed by atoms with Gasteiger partial charge in [0.25, 0.3) is 0 Å². The van der Waals surface area contributed by atoms with Gasteiger partial charge in [-0.15, -0.1) is 0 Å². The van der Waals surface area contributed by atoms with Gasteiger partial charge < -0.3 is 10.2 Å². The molecular weight excluding hydrogens is 470 g/mol. The third-order valence-corrected chi connectivity index (χ3v) is 4.94. The first kappa shape index (κ1) is 22.0. The summed E-state index contributed by atoms with van der Waals surface area (Å²) < 4.78 is 15.9. The normalized spacial score (nSPS) is 10.6. The Morgan fingerprint density at radius 2 is 2.04 bits per heavy atom. The largest absolute Gasteiger partial charge is 0.382 e. The van der Waals surface area contributed by atoms with Gasteiger partial charge >= 0.3 is 0 Å². The molecule has 0 aliphatic rings. The minimum atomic E-state index is -0.637. The molecule has 138 valence electrons. The van der Waals surface area contributed by atoms with Gasteiger partial charge in [0.2, 0.25) is 12.2 Å². The van der Waals surface area contributed by atoms with E-state index in [0.29, 0.717) is 17.7 Å². The Bertz CT molecular complexity index is 842. The van der Waals surface area contributed by atoms with Crippen LogP contribution in [0.25, 0.3) is 0 Å². The van der Waals surface area contributed by atoms with Crippen LogP contribution in [-0.4, -0.2) is 35.2 Å². The summed E-state index contributed by atoms with van der Waals surface area (Å²) in [5.74, 6) is -1.13. The van der Waals surface area contributed by atoms with Crippen molar-refractivity contribution in [3.05, 3.63) is 52.7 Å². The van der Waals surface area contributed by atoms with Gasteiger partial charge in [-0.3, -0.25) is 13.6 Å². The van der Waals surface area contributed by atoms with Crippen LogP contribution in [0.5, 0.6) is 0 Å². The van der Waals surface area contributed by atoms with Gasteiger partial charge in [-0.2, -0.15) is 5.26 Å². The number of allylic oxidation sites excluding steroid dienone is 1. The first-order chi connectivity index (χ1) is 12.2. The quantitative estimate of drug-likeness (QED) is 0.216. The fourth-order valence-corrected chi connectivity index (χ4v) is 4.02. The van der Waals surface area contributed by atoms with Crippen molar-refractivity contribution in [3.8, 4) is 6.07 Å². The molecule has 6 nitrogen and oxygen atoms in total. The highest BCUT2D eigenvalue weighted by Gasteiger charge is 2.17. The maximum absolute atomic E-state index is 14.4. The van der Waals surface area contributed by atoms with Crippen molar-refractivity contribution < 1.29 is 14.0 Å². The van der Waals surface area contributed by atoms with Crippen LogP contribution in [0.4, 0.5) is 10.1 Å². The number of ketones is 1. The second kappa shape index (κ2) is 10.2. The monoisotopic (exact) mass is 488 g/mol. The number of nitriles is 1. The Labute approximate surface area is 168 Å². The molecule has 0 bridgehead atoms. The van der Waals surface area contributed by atoms with Crippen molar-refractivity contribution in [2.24, 2.45) is 0 Å². The predicted octanol–water partition coefficient (Wildman–Crippen LogP) is 3.93. The van der Waals surface area contributed by atoms with E-state index in [4.69, 9.17) is 0 Å². The molecule has 0 unspecified atom stereocenters. The van der Waals surface area contributed by atoms with E-state index in [2.05, 4.69) is 5.32 Å². The minimum absolute atomic E-state index is 0.0151. The van der Waals surface area contributed by atoms with Crippen LogP contribution in [-0.2, 0) is 4.79 Å². The first-order valence-electron chi connectivity index (χ1n) is 7.35. The molecule has 0 radical (unpaired) electrons. The zero-order valence-corrected chi connectivity index (χ0v) is 17.7. The molecule has 0 atom stereocenters. The second-order valence-electron chi connectivity index (χ2n) is 5.54. The second-order valence-corrected chi connectivity index (χ2v) is 7.22. The van der Waals surface area contributed by atoms with Crippen LogP contribution in [0.15, 0.2) is 30.0 Å². The fraction of sp³-hybridized carbons (Fsp3) is 0.235. The van der Waals surface area contributed by atoms with Crippen molar-refractivity contribution in [3.63, 3.8) is 0 Å². The Morgan fingerprint density at radius 1 is 1.38 bits per heavy atom. The number of aromatic nitrogens is 1. The number of rotatable bonds is 6. The topological polar surface area (TPSA) is 78.1 Å². The number of aryl methyl sites for hydroxylation is 2. The van der Waals surface area contributed by atoms with Gasteiger partial charge in [0.1, 0.15) is 23.2 Å². The summed E-state index contributed by atoms with van der Waals surface area (Å²) in [6, 6.07) is 6.05. The molecule has 0 aromatic carbocycles. The average Bonchev–Trinajstić information content (AvgIpc) is 2.61. The van der Waals surface area contributed by atoms with E-state index in [1.54, 1.807) is 36.8 Å². The SMILES string of the molecule is Cc1cc(F)c(NC=O)cc(C)n(SI)c(C(=O)/C(C#N)=C/N(C)C)c1. The Morgan fingerprint density at radius 3 is 2.54 bits per heavy atom. The average molecular weight is 488 g/mol. The number of carbonyl (C=O) groups is 2. The first-order valence-corrected chi connectivity index (χ1v) is 10.7. The predicted molar refractivity (Wildman–Crippen MR) is 110 cm³/mol. The number of hydrogen-bond acceptors (Lipinski definition) is 5. The van der Waals surface area contributed by atoms with Crippen LogP contribution >= 0.6 is 30.3 Å². The van der Waals surface area contributed by atoms with Gasteiger partial charge in [-0.1, -0.05) is 0 Å². The van der Waals surface area contributed by atoms with E-state index in [1.807, 2.05) is 27.3 Å². The molecule has 0 aliphatic carbocycles. The Kier molecular flexibility index (Phi) is 8.60. The number of anilines is 1. The number of hydrogen-bond donors (Lipinski definition) is 1. The highest BCUT2D eigenvalue weighted by molar-refractivity contribution is 14.2. The summed E-state index contributed by atoms with van der Waals surface area (Å²) in [6.45, 7) is 3.30. The molecule has 1 aromatic rings. The molecule has 1 N–H and O–H groups in total. The summed E-state index contributed by atoms with van der Waals surface area (Å²) in [5, 5.41) is 11.7. The lowest BCUT2D eigenvalue weighted by Gasteiger charge is -2.11. The summed E-state index contributed by atoms with van der Waals surface area (Å²) >= 11 is 1.99. The van der Waals surface area contributed by atoms with E-state index < -0.39 is 11.6 Å². The highest BCUT2D eigenvalue weighted by atomic mass is 127. The lowest BCUT2D eigenvalue weighted by atomic mass is 10.1. The summed E-state index contributed by atoms with van der Waals surface area (Å²) in [4.78, 5) is 25.3. The molecule has 1 amide bonds. The number of amides is 1. The lowest BCUT2D eigenvalue weighted by Crippen LogP contribution is -2.13. The molecule has 0 aliphatic heterocycles. The van der Waals surface area contributed by atoms with E-state index >= 15 is 0 Å². The summed E-state index contributed by atoms with van der Waals surface area (Å²) in [5.41, 5.74) is 1.11. The number of carbonyl (C=O) groups excluding carboxylic acids is 2. The molecular formula is C17H18FIN4O2S. The maximum atomic E-state index is 14.4. The zero-order valence-electron chi connectivity index (χ0n) is 14.7. The third kappa shape index (κ3) is 5.74. The smallest absolute Gasteiger partial charge is 0.222 e. The van der Waals surface area contributed by atoms with E-state index in [1.165, 1.54) is 33.5 Å². The maximum Gasteiger partial charge on any atom is 0.222 e. The molecule has 1 aromatic heterocycles. The summed E-state index contributed by atoms with van der Waals surface area (Å²) in [7, 11) is 4.62. The van der Waals surface area contributed by atoms with E-state index in [9.17, 15) is 19.2 Å². The van der Waals surface area contributed by atoms with Gasteiger partial charge in [0.15, 0.2) is 0 Å². The van der Waals surface area contributed by atoms with E-state index in [-0.39, 0.29) is 17.0 Å². The third-order valence-electron chi connectivity index (χ3n) is 3.14. The number of nitrogens with zero attached hydrogens (tertiary/aromatic N) is 3. The number of nitrogens with one attached hydrogen (secondary N) is 1. The van der Waals surface area contributed by atoms with Crippen molar-refractivity contribution >= 4 is 48.2 Å². The van der Waals surface area contributed by atoms with Crippen LogP contribution in [0.3, 0.4) is 0 Å². The standard InChI is InChI=1S/C17H18FIN4O2S/c1-11-5-14(18)15(21-10-24)7-12(2)23(26-19)16(6-11)17(25)13(8-20)9-22(3)4/h5-7,9-10H,1-4H3,(H,21,24)/b11-5?,12-7?,13-9+,15-14?,16-6?. The van der Waals surface area contributed by atoms with Crippen molar-refractivity contribution in [1.29, 1.82) is 5.26 Å². The van der Waals surface area contributed by atoms with Crippen molar-refractivity contribution in [1.82, 2.24) is 8.87 Å². The molecule has 0 fully saturated rings. The molecule has 26 heavy (non-hydrogen) atoms.